The molecule has 0 bridgehead atoms. The molecule has 1 amide bonds. The predicted molar refractivity (Wildman–Crippen MR) is 123 cm³/mol. The molecule has 0 unspecified atom stereocenters. The lowest BCUT2D eigenvalue weighted by atomic mass is 10.1. The van der Waals surface area contributed by atoms with Crippen LogP contribution in [-0.4, -0.2) is 50.9 Å². The van der Waals surface area contributed by atoms with E-state index in [9.17, 15) is 13.2 Å². The number of carbonyl (C=O) groups excluding carboxylic acids is 1. The Morgan fingerprint density at radius 3 is 2.42 bits per heavy atom. The second kappa shape index (κ2) is 8.04. The summed E-state index contributed by atoms with van der Waals surface area (Å²) in [4.78, 5) is 17.3. The van der Waals surface area contributed by atoms with E-state index in [1.807, 2.05) is 75.3 Å². The summed E-state index contributed by atoms with van der Waals surface area (Å²) in [6, 6.07) is 13.4. The van der Waals surface area contributed by atoms with Gasteiger partial charge in [0.15, 0.2) is 15.6 Å². The van der Waals surface area contributed by atoms with E-state index in [1.165, 1.54) is 0 Å². The first-order valence-corrected chi connectivity index (χ1v) is 12.2. The molecule has 3 aromatic rings. The van der Waals surface area contributed by atoms with E-state index in [0.29, 0.717) is 18.5 Å². The van der Waals surface area contributed by atoms with Gasteiger partial charge in [0.05, 0.1) is 11.5 Å². The molecule has 2 heterocycles. The highest BCUT2D eigenvalue weighted by Gasteiger charge is 2.36. The summed E-state index contributed by atoms with van der Waals surface area (Å²) in [5, 5.41) is 0.915. The molecular weight excluding hydrogens is 412 g/mol. The van der Waals surface area contributed by atoms with E-state index in [0.717, 1.165) is 27.8 Å². The van der Waals surface area contributed by atoms with Crippen LogP contribution in [0.1, 0.15) is 33.7 Å². The molecule has 1 aromatic heterocycles. The maximum Gasteiger partial charge on any atom is 0.290 e. The number of hydrogen-bond donors (Lipinski definition) is 0. The molecule has 1 aliphatic rings. The van der Waals surface area contributed by atoms with E-state index >= 15 is 0 Å². The van der Waals surface area contributed by atoms with Gasteiger partial charge in [-0.3, -0.25) is 4.79 Å². The SMILES string of the molecule is Cc1ccc2oc(C(=O)N(Cc3ccc(N(C)C)cc3)[C@H]3CCS(=O)(=O)C3)c(C)c2c1. The zero-order valence-corrected chi connectivity index (χ0v) is 19.2. The summed E-state index contributed by atoms with van der Waals surface area (Å²) < 4.78 is 30.3. The summed E-state index contributed by atoms with van der Waals surface area (Å²) >= 11 is 0. The summed E-state index contributed by atoms with van der Waals surface area (Å²) in [5.74, 6) is 0.131. The fraction of sp³-hybridized carbons (Fsp3) is 0.375. The molecule has 0 spiro atoms. The van der Waals surface area contributed by atoms with Crippen molar-refractivity contribution in [3.63, 3.8) is 0 Å². The van der Waals surface area contributed by atoms with E-state index in [-0.39, 0.29) is 29.2 Å². The Morgan fingerprint density at radius 1 is 1.10 bits per heavy atom. The third-order valence-electron chi connectivity index (χ3n) is 6.00. The van der Waals surface area contributed by atoms with Gasteiger partial charge in [0.25, 0.3) is 5.91 Å². The monoisotopic (exact) mass is 440 g/mol. The highest BCUT2D eigenvalue weighted by atomic mass is 32.2. The first-order chi connectivity index (χ1) is 14.6. The van der Waals surface area contributed by atoms with Crippen LogP contribution in [0, 0.1) is 13.8 Å². The first kappa shape index (κ1) is 21.4. The van der Waals surface area contributed by atoms with Gasteiger partial charge >= 0.3 is 0 Å². The lowest BCUT2D eigenvalue weighted by Gasteiger charge is -2.28. The van der Waals surface area contributed by atoms with E-state index < -0.39 is 9.84 Å². The average Bonchev–Trinajstić information content (AvgIpc) is 3.25. The van der Waals surface area contributed by atoms with Crippen LogP contribution in [0.2, 0.25) is 0 Å². The Bertz CT molecular complexity index is 1230. The number of carbonyl (C=O) groups is 1. The maximum atomic E-state index is 13.6. The minimum absolute atomic E-state index is 0.00704. The largest absolute Gasteiger partial charge is 0.451 e. The number of furan rings is 1. The van der Waals surface area contributed by atoms with E-state index in [4.69, 9.17) is 4.42 Å². The molecule has 6 nitrogen and oxygen atoms in total. The number of sulfone groups is 1. The fourth-order valence-electron chi connectivity index (χ4n) is 4.15. The van der Waals surface area contributed by atoms with Gasteiger partial charge in [-0.1, -0.05) is 23.8 Å². The zero-order chi connectivity index (χ0) is 22.3. The third-order valence-corrected chi connectivity index (χ3v) is 7.75. The molecule has 0 N–H and O–H groups in total. The fourth-order valence-corrected chi connectivity index (χ4v) is 5.88. The standard InChI is InChI=1S/C24H28N2O4S/c1-16-5-10-22-21(13-16)17(2)23(30-22)24(27)26(20-11-12-31(28,29)15-20)14-18-6-8-19(9-7-18)25(3)4/h5-10,13,20H,11-12,14-15H2,1-4H3/t20-/m0/s1. The quantitative estimate of drug-likeness (QED) is 0.601. The van der Waals surface area contributed by atoms with Gasteiger partial charge in [-0.25, -0.2) is 8.42 Å². The van der Waals surface area contributed by atoms with Gasteiger partial charge in [0, 0.05) is 43.3 Å². The van der Waals surface area contributed by atoms with Gasteiger partial charge < -0.3 is 14.2 Å². The Labute approximate surface area is 183 Å². The van der Waals surface area contributed by atoms with Crippen LogP contribution >= 0.6 is 0 Å². The van der Waals surface area contributed by atoms with Gasteiger partial charge in [-0.2, -0.15) is 0 Å². The second-order valence-corrected chi connectivity index (χ2v) is 10.8. The van der Waals surface area contributed by atoms with Crippen LogP contribution in [0.4, 0.5) is 5.69 Å². The highest BCUT2D eigenvalue weighted by Crippen LogP contribution is 2.30. The Morgan fingerprint density at radius 2 is 1.81 bits per heavy atom. The van der Waals surface area contributed by atoms with Crippen LogP contribution in [0.15, 0.2) is 46.9 Å². The summed E-state index contributed by atoms with van der Waals surface area (Å²) in [7, 11) is 0.807. The highest BCUT2D eigenvalue weighted by molar-refractivity contribution is 7.91. The minimum Gasteiger partial charge on any atom is -0.451 e. The number of anilines is 1. The van der Waals surface area contributed by atoms with Crippen molar-refractivity contribution < 1.29 is 17.6 Å². The van der Waals surface area contributed by atoms with Gasteiger partial charge in [0.1, 0.15) is 5.58 Å². The van der Waals surface area contributed by atoms with Crippen LogP contribution in [-0.2, 0) is 16.4 Å². The second-order valence-electron chi connectivity index (χ2n) is 8.61. The molecule has 0 aliphatic carbocycles. The van der Waals surface area contributed by atoms with E-state index in [1.54, 1.807) is 4.90 Å². The van der Waals surface area contributed by atoms with Crippen molar-refractivity contribution in [3.05, 3.63) is 64.9 Å². The van der Waals surface area contributed by atoms with Crippen LogP contribution in [0.25, 0.3) is 11.0 Å². The lowest BCUT2D eigenvalue weighted by molar-refractivity contribution is 0.0649. The number of benzene rings is 2. The molecule has 1 atom stereocenters. The summed E-state index contributed by atoms with van der Waals surface area (Å²) in [6.07, 6.45) is 0.447. The topological polar surface area (TPSA) is 70.8 Å². The number of nitrogens with zero attached hydrogens (tertiary/aromatic N) is 2. The van der Waals surface area contributed by atoms with Crippen LogP contribution < -0.4 is 4.90 Å². The number of amides is 1. The molecule has 0 radical (unpaired) electrons. The van der Waals surface area contributed by atoms with Crippen LogP contribution in [0.3, 0.4) is 0 Å². The maximum absolute atomic E-state index is 13.6. The molecule has 4 rings (SSSR count). The molecule has 164 valence electrons. The first-order valence-electron chi connectivity index (χ1n) is 10.4. The van der Waals surface area contributed by atoms with Crippen molar-refractivity contribution in [1.29, 1.82) is 0 Å². The normalized spacial score (nSPS) is 17.7. The van der Waals surface area contributed by atoms with Crippen molar-refractivity contribution in [1.82, 2.24) is 4.90 Å². The number of aryl methyl sites for hydroxylation is 2. The van der Waals surface area contributed by atoms with Crippen molar-refractivity contribution in [2.24, 2.45) is 0 Å². The zero-order valence-electron chi connectivity index (χ0n) is 18.4. The number of rotatable bonds is 5. The smallest absolute Gasteiger partial charge is 0.290 e. The average molecular weight is 441 g/mol. The predicted octanol–water partition coefficient (Wildman–Crippen LogP) is 3.95. The summed E-state index contributed by atoms with van der Waals surface area (Å²) in [6.45, 7) is 4.22. The molecule has 1 aliphatic heterocycles. The van der Waals surface area contributed by atoms with Gasteiger partial charge in [-0.05, 0) is 50.1 Å². The number of hydrogen-bond acceptors (Lipinski definition) is 5. The number of fused-ring (bicyclic) bond motifs is 1. The molecule has 31 heavy (non-hydrogen) atoms. The van der Waals surface area contributed by atoms with Crippen LogP contribution in [0.5, 0.6) is 0 Å². The third kappa shape index (κ3) is 4.32. The van der Waals surface area contributed by atoms with Crippen molar-refractivity contribution in [2.45, 2.75) is 32.9 Å². The molecule has 1 saturated heterocycles. The van der Waals surface area contributed by atoms with Crippen molar-refractivity contribution >= 4 is 32.4 Å². The lowest BCUT2D eigenvalue weighted by Crippen LogP contribution is -2.40. The summed E-state index contributed by atoms with van der Waals surface area (Å²) in [5.41, 5.74) is 4.56. The van der Waals surface area contributed by atoms with Crippen molar-refractivity contribution in [3.8, 4) is 0 Å². The molecule has 7 heteroatoms. The molecule has 1 fully saturated rings. The Hall–Kier alpha value is -2.80. The Kier molecular flexibility index (Phi) is 5.56. The molecular formula is C24H28N2O4S. The van der Waals surface area contributed by atoms with E-state index in [2.05, 4.69) is 0 Å². The molecule has 0 saturated carbocycles. The van der Waals surface area contributed by atoms with Gasteiger partial charge in [0.2, 0.25) is 0 Å². The molecule has 2 aromatic carbocycles. The Balaban J connectivity index is 1.70. The minimum atomic E-state index is -3.14. The van der Waals surface area contributed by atoms with Crippen molar-refractivity contribution in [2.75, 3.05) is 30.5 Å². The van der Waals surface area contributed by atoms with Gasteiger partial charge in [-0.15, -0.1) is 0 Å².